The molecule has 0 atom stereocenters. The molecule has 7 aliphatic rings. The molecule has 0 saturated heterocycles. The van der Waals surface area contributed by atoms with Crippen LogP contribution in [0.15, 0.2) is 30.5 Å². The Hall–Kier alpha value is -4.55. The van der Waals surface area contributed by atoms with Gasteiger partial charge in [0, 0.05) is 26.2 Å². The number of nitrogens with zero attached hydrogens (tertiary/aromatic N) is 3. The molecule has 2 aromatic heterocycles. The summed E-state index contributed by atoms with van der Waals surface area (Å²) in [7, 11) is 1.70. The van der Waals surface area contributed by atoms with E-state index in [-0.39, 0.29) is 52.8 Å². The van der Waals surface area contributed by atoms with Gasteiger partial charge in [0.2, 0.25) is 5.91 Å². The zero-order valence-corrected chi connectivity index (χ0v) is 21.7. The Kier molecular flexibility index (Phi) is 4.07. The topological polar surface area (TPSA) is 156 Å². The molecule has 0 radical (unpaired) electrons. The predicted molar refractivity (Wildman–Crippen MR) is 137 cm³/mol. The van der Waals surface area contributed by atoms with Crippen LogP contribution in [0.2, 0.25) is 0 Å². The molecule has 6 saturated carbocycles. The zero-order valence-electron chi connectivity index (χ0n) is 21.7. The maximum atomic E-state index is 14.5. The average molecular weight is 558 g/mol. The number of carbonyl (C=O) groups is 4. The fraction of sp³-hybridized carbons (Fsp3) is 0.429. The summed E-state index contributed by atoms with van der Waals surface area (Å²) in [6.07, 6.45) is 0.959. The molecule has 3 heterocycles. The molecule has 6 fully saturated rings. The maximum absolute atomic E-state index is 14.5. The van der Waals surface area contributed by atoms with Gasteiger partial charge in [0.1, 0.15) is 17.1 Å². The highest BCUT2D eigenvalue weighted by Crippen LogP contribution is 3.10. The van der Waals surface area contributed by atoms with Gasteiger partial charge in [0.15, 0.2) is 18.1 Å². The van der Waals surface area contributed by atoms with E-state index in [1.807, 2.05) is 0 Å². The normalized spacial score (nSPS) is 35.1. The molecule has 6 aliphatic carbocycles. The number of rotatable bonds is 7. The minimum absolute atomic E-state index is 0.0106. The number of halogens is 1. The number of aromatic nitrogens is 3. The van der Waals surface area contributed by atoms with Crippen LogP contribution in [-0.2, 0) is 16.1 Å². The second kappa shape index (κ2) is 7.20. The minimum atomic E-state index is -0.750. The summed E-state index contributed by atoms with van der Waals surface area (Å²) in [4.78, 5) is 54.6. The number of hydrogen-bond acceptors (Lipinski definition) is 7. The van der Waals surface area contributed by atoms with Crippen molar-refractivity contribution in [2.75, 3.05) is 25.5 Å². The van der Waals surface area contributed by atoms with Gasteiger partial charge in [0.05, 0.1) is 17.3 Å². The fourth-order valence-corrected chi connectivity index (χ4v) is 9.83. The molecule has 1 aromatic carbocycles. The average Bonchev–Trinajstić information content (AvgIpc) is 3.37. The summed E-state index contributed by atoms with van der Waals surface area (Å²) < 4.78 is 21.0. The Morgan fingerprint density at radius 1 is 1.10 bits per heavy atom. The van der Waals surface area contributed by atoms with Crippen molar-refractivity contribution in [2.45, 2.75) is 6.54 Å². The molecule has 4 amide bonds. The number of hydrogen-bond donors (Lipinski definition) is 4. The van der Waals surface area contributed by atoms with Gasteiger partial charge >= 0.3 is 0 Å². The van der Waals surface area contributed by atoms with Gasteiger partial charge < -0.3 is 26.0 Å². The predicted octanol–water partition coefficient (Wildman–Crippen LogP) is 0.343. The summed E-state index contributed by atoms with van der Waals surface area (Å²) in [5, 5.41) is 15.3. The van der Waals surface area contributed by atoms with Crippen LogP contribution >= 0.6 is 0 Å². The molecule has 1 aliphatic heterocycles. The van der Waals surface area contributed by atoms with Gasteiger partial charge in [-0.15, -0.1) is 0 Å². The summed E-state index contributed by atoms with van der Waals surface area (Å²) in [5.74, 6) is 1.45. The van der Waals surface area contributed by atoms with Crippen LogP contribution in [0.5, 0.6) is 5.75 Å². The molecule has 41 heavy (non-hydrogen) atoms. The quantitative estimate of drug-likeness (QED) is 0.327. The molecule has 4 N–H and O–H groups in total. The number of ether oxygens (including phenoxy) is 1. The SMILES string of the molecule is CNC(=O)C12C3C4C1C1C2C3C41CNC(=O)c1cc(C(=O)NCc2ccc3c(c2)NC(=O)CO3)nc2c(F)cnn12. The van der Waals surface area contributed by atoms with Crippen molar-refractivity contribution in [3.63, 3.8) is 0 Å². The van der Waals surface area contributed by atoms with Crippen molar-refractivity contribution < 1.29 is 28.3 Å². The van der Waals surface area contributed by atoms with Gasteiger partial charge in [-0.1, -0.05) is 6.07 Å². The van der Waals surface area contributed by atoms with E-state index in [9.17, 15) is 23.6 Å². The van der Waals surface area contributed by atoms with Gasteiger partial charge in [0.25, 0.3) is 17.7 Å². The largest absolute Gasteiger partial charge is 0.482 e. The standard InChI is InChI=1S/C28H24FN7O5/c1-30-26(40)28-20-17-21(28)19-22(28)18(20)27(17,19)9-32-25(39)14-5-13(35-23-11(29)7-33-36(14)23)24(38)31-6-10-2-3-15-12(4-10)34-16(37)8-41-15/h2-5,7,17-22H,6,8-9H2,1H3,(H,30,40)(H,31,38)(H,32,39)(H,34,37). The maximum Gasteiger partial charge on any atom is 0.270 e. The lowest BCUT2D eigenvalue weighted by Gasteiger charge is -3.10. The van der Waals surface area contributed by atoms with Crippen molar-refractivity contribution in [3.8, 4) is 5.75 Å². The van der Waals surface area contributed by atoms with E-state index in [2.05, 4.69) is 31.3 Å². The van der Waals surface area contributed by atoms with Crippen LogP contribution in [0.4, 0.5) is 10.1 Å². The van der Waals surface area contributed by atoms with Gasteiger partial charge in [-0.3, -0.25) is 19.2 Å². The lowest BCUT2D eigenvalue weighted by atomic mass is 8.92. The van der Waals surface area contributed by atoms with Crippen LogP contribution in [0.3, 0.4) is 0 Å². The summed E-state index contributed by atoms with van der Waals surface area (Å²) in [5.41, 5.74) is 0.814. The van der Waals surface area contributed by atoms with Crippen LogP contribution < -0.4 is 26.0 Å². The molecule has 208 valence electrons. The fourth-order valence-electron chi connectivity index (χ4n) is 9.83. The van der Waals surface area contributed by atoms with Crippen molar-refractivity contribution in [1.82, 2.24) is 30.5 Å². The minimum Gasteiger partial charge on any atom is -0.482 e. The third-order valence-corrected chi connectivity index (χ3v) is 11.0. The number of anilines is 1. The zero-order chi connectivity index (χ0) is 28.0. The van der Waals surface area contributed by atoms with E-state index in [1.54, 1.807) is 25.2 Å². The smallest absolute Gasteiger partial charge is 0.270 e. The van der Waals surface area contributed by atoms with Gasteiger partial charge in [-0.25, -0.2) is 13.9 Å². The molecule has 0 bridgehead atoms. The summed E-state index contributed by atoms with van der Waals surface area (Å²) in [6, 6.07) is 6.46. The molecule has 3 aromatic rings. The Bertz CT molecular complexity index is 1730. The number of amides is 4. The Balaban J connectivity index is 0.915. The number of carbonyl (C=O) groups excluding carboxylic acids is 4. The lowest BCUT2D eigenvalue weighted by Crippen LogP contribution is -3.12. The molecule has 0 unspecified atom stereocenters. The monoisotopic (exact) mass is 557 g/mol. The van der Waals surface area contributed by atoms with E-state index in [1.165, 1.54) is 6.07 Å². The summed E-state index contributed by atoms with van der Waals surface area (Å²) >= 11 is 0. The van der Waals surface area contributed by atoms with Crippen molar-refractivity contribution in [2.24, 2.45) is 46.3 Å². The van der Waals surface area contributed by atoms with E-state index in [0.717, 1.165) is 10.7 Å². The third kappa shape index (κ3) is 2.37. The molecule has 13 heteroatoms. The van der Waals surface area contributed by atoms with E-state index in [4.69, 9.17) is 4.74 Å². The Morgan fingerprint density at radius 2 is 1.85 bits per heavy atom. The molecule has 0 spiro atoms. The second-order valence-electron chi connectivity index (χ2n) is 12.1. The number of nitrogens with one attached hydrogen (secondary N) is 4. The van der Waals surface area contributed by atoms with E-state index < -0.39 is 17.6 Å². The molecule has 12 nitrogen and oxygen atoms in total. The van der Waals surface area contributed by atoms with Gasteiger partial charge in [-0.2, -0.15) is 5.10 Å². The highest BCUT2D eigenvalue weighted by molar-refractivity contribution is 5.99. The van der Waals surface area contributed by atoms with Crippen molar-refractivity contribution in [1.29, 1.82) is 0 Å². The third-order valence-electron chi connectivity index (χ3n) is 11.0. The first-order valence-electron chi connectivity index (χ1n) is 13.7. The number of benzene rings is 1. The molecular formula is C28H24FN7O5. The van der Waals surface area contributed by atoms with Crippen LogP contribution in [0.25, 0.3) is 5.65 Å². The Labute approximate surface area is 231 Å². The Morgan fingerprint density at radius 3 is 2.59 bits per heavy atom. The van der Waals surface area contributed by atoms with E-state index >= 15 is 0 Å². The second-order valence-corrected chi connectivity index (χ2v) is 12.1. The first kappa shape index (κ1) is 23.2. The molecule has 10 rings (SSSR count). The van der Waals surface area contributed by atoms with Crippen molar-refractivity contribution >= 4 is 35.0 Å². The van der Waals surface area contributed by atoms with E-state index in [0.29, 0.717) is 59.1 Å². The first-order valence-corrected chi connectivity index (χ1v) is 13.7. The van der Waals surface area contributed by atoms with Crippen LogP contribution in [0, 0.1) is 52.2 Å². The first-order chi connectivity index (χ1) is 19.8. The van der Waals surface area contributed by atoms with Crippen LogP contribution in [0.1, 0.15) is 26.5 Å². The van der Waals surface area contributed by atoms with Gasteiger partial charge in [-0.05, 0) is 58.6 Å². The number of fused-ring (bicyclic) bond motifs is 2. The molecular weight excluding hydrogens is 533 g/mol. The highest BCUT2D eigenvalue weighted by atomic mass is 19.1. The lowest BCUT2D eigenvalue weighted by molar-refractivity contribution is -0.639. The summed E-state index contributed by atoms with van der Waals surface area (Å²) in [6.45, 7) is 0.541. The van der Waals surface area contributed by atoms with Crippen molar-refractivity contribution in [3.05, 3.63) is 53.2 Å². The van der Waals surface area contributed by atoms with Crippen LogP contribution in [-0.4, -0.2) is 58.4 Å². The highest BCUT2D eigenvalue weighted by Gasteiger charge is 3.11.